The Balaban J connectivity index is 1.97. The predicted molar refractivity (Wildman–Crippen MR) is 131 cm³/mol. The fourth-order valence-electron chi connectivity index (χ4n) is 3.16. The molecule has 1 unspecified atom stereocenters. The normalized spacial score (nSPS) is 13.0. The van der Waals surface area contributed by atoms with Crippen LogP contribution in [0, 0.1) is 12.9 Å². The number of likely N-dealkylation sites (N-methyl/N-ethyl adjacent to an activating group) is 1. The van der Waals surface area contributed by atoms with Gasteiger partial charge in [-0.05, 0) is 50.2 Å². The molecule has 0 aliphatic rings. The van der Waals surface area contributed by atoms with E-state index in [1.54, 1.807) is 0 Å². The predicted octanol–water partition coefficient (Wildman–Crippen LogP) is 5.11. The summed E-state index contributed by atoms with van der Waals surface area (Å²) in [6.45, 7) is 2.58. The minimum absolute atomic E-state index is 0.0194. The minimum Gasteiger partial charge on any atom is -0.588 e. The molecule has 2 amide bonds. The number of aryl methyl sites for hydroxylation is 1. The lowest BCUT2D eigenvalue weighted by Gasteiger charge is -2.21. The number of pyridine rings is 1. The van der Waals surface area contributed by atoms with Crippen molar-refractivity contribution in [2.24, 2.45) is 0 Å². The van der Waals surface area contributed by atoms with Gasteiger partial charge in [0.2, 0.25) is 5.95 Å². The second kappa shape index (κ2) is 11.6. The zero-order valence-corrected chi connectivity index (χ0v) is 21.5. The van der Waals surface area contributed by atoms with E-state index in [1.165, 1.54) is 45.2 Å². The maximum absolute atomic E-state index is 13.5. The first kappa shape index (κ1) is 29.2. The lowest BCUT2D eigenvalue weighted by molar-refractivity contribution is -0.137. The summed E-state index contributed by atoms with van der Waals surface area (Å²) in [4.78, 5) is 28.7. The number of aliphatic hydroxyl groups is 1. The molecule has 3 aromatic rings. The van der Waals surface area contributed by atoms with Crippen LogP contribution in [0.4, 0.5) is 23.2 Å². The van der Waals surface area contributed by atoms with Gasteiger partial charge < -0.3 is 19.7 Å². The van der Waals surface area contributed by atoms with Crippen LogP contribution in [0.3, 0.4) is 0 Å². The van der Waals surface area contributed by atoms with Crippen LogP contribution >= 0.6 is 11.6 Å². The molecule has 14 heteroatoms. The number of hydrogen-bond donors (Lipinski definition) is 2. The van der Waals surface area contributed by atoms with Crippen molar-refractivity contribution in [2.45, 2.75) is 31.0 Å². The summed E-state index contributed by atoms with van der Waals surface area (Å²) in [5, 5.41) is 11.1. The molecule has 2 N–H and O–H groups in total. The first-order valence-electron chi connectivity index (χ1n) is 10.7. The number of ether oxygens (including phenoxy) is 1. The van der Waals surface area contributed by atoms with Crippen LogP contribution in [0.25, 0.3) is 0 Å². The molecule has 2 aromatic carbocycles. The zero-order chi connectivity index (χ0) is 28.4. The average Bonchev–Trinajstić information content (AvgIpc) is 2.84. The van der Waals surface area contributed by atoms with Gasteiger partial charge in [0, 0.05) is 11.8 Å². The number of hydrogen-bond acceptors (Lipinski definition) is 6. The largest absolute Gasteiger partial charge is 0.588 e. The molecule has 0 bridgehead atoms. The number of benzene rings is 2. The highest BCUT2D eigenvalue weighted by Gasteiger charge is 2.35. The van der Waals surface area contributed by atoms with Crippen molar-refractivity contribution in [2.75, 3.05) is 12.4 Å². The molecule has 1 heterocycles. The summed E-state index contributed by atoms with van der Waals surface area (Å²) >= 11 is 3.79. The van der Waals surface area contributed by atoms with Gasteiger partial charge in [0.15, 0.2) is 4.90 Å². The van der Waals surface area contributed by atoms with E-state index in [-0.39, 0.29) is 27.6 Å². The maximum atomic E-state index is 13.5. The standard InChI is InChI=1S/C24H20ClF4N3O5S/c1-12-19(7-8-21(26)30-12)37-20-11-17(24(27,28)29)18(25)10-16(20)22(34)31-14-5-4-6-15(9-14)38(36)32(3)23(35)13(2)33/h4-11,13,33H,1-3H3,(H,31,34)/t13-,38?/m0/s1. The summed E-state index contributed by atoms with van der Waals surface area (Å²) in [6, 6.07) is 8.92. The second-order valence-electron chi connectivity index (χ2n) is 7.89. The molecule has 0 saturated carbocycles. The van der Waals surface area contributed by atoms with Crippen molar-refractivity contribution >= 4 is 40.5 Å². The Bertz CT molecular complexity index is 1370. The maximum Gasteiger partial charge on any atom is 0.417 e. The third kappa shape index (κ3) is 6.72. The zero-order valence-electron chi connectivity index (χ0n) is 20.0. The van der Waals surface area contributed by atoms with Gasteiger partial charge in [-0.3, -0.25) is 9.59 Å². The van der Waals surface area contributed by atoms with E-state index in [9.17, 15) is 36.8 Å². The van der Waals surface area contributed by atoms with Crippen molar-refractivity contribution in [1.29, 1.82) is 0 Å². The summed E-state index contributed by atoms with van der Waals surface area (Å²) in [5.41, 5.74) is -1.55. The first-order valence-corrected chi connectivity index (χ1v) is 12.2. The van der Waals surface area contributed by atoms with Crippen LogP contribution < -0.4 is 10.1 Å². The number of rotatable bonds is 7. The highest BCUT2D eigenvalue weighted by Crippen LogP contribution is 2.40. The SMILES string of the molecule is Cc1nc(F)ccc1Oc1cc(C(F)(F)F)c(Cl)cc1C(=O)Nc1cccc([S+]([O-])N(C)C(=O)[C@H](C)O)c1. The Hall–Kier alpha value is -3.39. The Labute approximate surface area is 222 Å². The van der Waals surface area contributed by atoms with Gasteiger partial charge >= 0.3 is 6.18 Å². The molecule has 0 spiro atoms. The van der Waals surface area contributed by atoms with Crippen molar-refractivity contribution < 1.29 is 41.5 Å². The quantitative estimate of drug-likeness (QED) is 0.231. The average molecular weight is 574 g/mol. The highest BCUT2D eigenvalue weighted by molar-refractivity contribution is 7.89. The van der Waals surface area contributed by atoms with Gasteiger partial charge in [-0.1, -0.05) is 17.7 Å². The number of aliphatic hydroxyl groups excluding tert-OH is 1. The van der Waals surface area contributed by atoms with Crippen molar-refractivity contribution in [3.05, 3.63) is 76.3 Å². The van der Waals surface area contributed by atoms with Gasteiger partial charge in [0.1, 0.15) is 29.0 Å². The fourth-order valence-corrected chi connectivity index (χ4v) is 4.49. The number of alkyl halides is 3. The Morgan fingerprint density at radius 1 is 1.18 bits per heavy atom. The third-order valence-electron chi connectivity index (χ3n) is 5.05. The molecule has 0 aliphatic heterocycles. The molecule has 2 atom stereocenters. The summed E-state index contributed by atoms with van der Waals surface area (Å²) < 4.78 is 72.9. The number of halogens is 5. The van der Waals surface area contributed by atoms with E-state index in [0.29, 0.717) is 6.07 Å². The van der Waals surface area contributed by atoms with Crippen LogP contribution in [0.1, 0.15) is 28.5 Å². The molecule has 202 valence electrons. The Morgan fingerprint density at radius 2 is 1.87 bits per heavy atom. The lowest BCUT2D eigenvalue weighted by Crippen LogP contribution is -2.39. The van der Waals surface area contributed by atoms with Crippen LogP contribution in [0.2, 0.25) is 5.02 Å². The fraction of sp³-hybridized carbons (Fsp3) is 0.208. The molecule has 38 heavy (non-hydrogen) atoms. The van der Waals surface area contributed by atoms with Gasteiger partial charge in [-0.2, -0.15) is 21.9 Å². The number of aromatic nitrogens is 1. The third-order valence-corrected chi connectivity index (χ3v) is 6.70. The van der Waals surface area contributed by atoms with Crippen molar-refractivity contribution in [3.8, 4) is 11.5 Å². The van der Waals surface area contributed by atoms with Crippen LogP contribution in [0.15, 0.2) is 53.4 Å². The molecule has 1 aromatic heterocycles. The summed E-state index contributed by atoms with van der Waals surface area (Å²) in [7, 11) is 1.22. The smallest absolute Gasteiger partial charge is 0.417 e. The number of nitrogens with one attached hydrogen (secondary N) is 1. The molecule has 0 fully saturated rings. The molecular formula is C24H20ClF4N3O5S. The lowest BCUT2D eigenvalue weighted by atomic mass is 10.1. The van der Waals surface area contributed by atoms with E-state index in [1.807, 2.05) is 0 Å². The summed E-state index contributed by atoms with van der Waals surface area (Å²) in [6.07, 6.45) is -6.26. The number of carbonyl (C=O) groups is 2. The van der Waals surface area contributed by atoms with E-state index in [4.69, 9.17) is 16.3 Å². The molecule has 3 rings (SSSR count). The molecule has 0 aliphatic carbocycles. The van der Waals surface area contributed by atoms with E-state index in [2.05, 4.69) is 10.3 Å². The van der Waals surface area contributed by atoms with E-state index in [0.717, 1.165) is 22.5 Å². The van der Waals surface area contributed by atoms with Crippen LogP contribution in [-0.4, -0.2) is 43.9 Å². The monoisotopic (exact) mass is 573 g/mol. The van der Waals surface area contributed by atoms with Gasteiger partial charge in [-0.15, -0.1) is 0 Å². The molecule has 0 radical (unpaired) electrons. The van der Waals surface area contributed by atoms with Crippen LogP contribution in [0.5, 0.6) is 11.5 Å². The molecular weight excluding hydrogens is 554 g/mol. The number of anilines is 1. The van der Waals surface area contributed by atoms with E-state index >= 15 is 0 Å². The Kier molecular flexibility index (Phi) is 8.87. The second-order valence-corrected chi connectivity index (χ2v) is 9.81. The van der Waals surface area contributed by atoms with Gasteiger partial charge in [0.25, 0.3) is 11.8 Å². The number of amides is 2. The molecule has 8 nitrogen and oxygen atoms in total. The van der Waals surface area contributed by atoms with Gasteiger partial charge in [-0.25, -0.2) is 4.98 Å². The van der Waals surface area contributed by atoms with Crippen LogP contribution in [-0.2, 0) is 22.3 Å². The number of nitrogens with zero attached hydrogens (tertiary/aromatic N) is 2. The Morgan fingerprint density at radius 3 is 2.47 bits per heavy atom. The number of carbonyl (C=O) groups excluding carboxylic acids is 2. The van der Waals surface area contributed by atoms with Crippen molar-refractivity contribution in [1.82, 2.24) is 9.29 Å². The highest BCUT2D eigenvalue weighted by atomic mass is 35.5. The first-order chi connectivity index (χ1) is 17.7. The molecule has 0 saturated heterocycles. The van der Waals surface area contributed by atoms with E-state index < -0.39 is 57.7 Å². The van der Waals surface area contributed by atoms with Crippen molar-refractivity contribution in [3.63, 3.8) is 0 Å². The summed E-state index contributed by atoms with van der Waals surface area (Å²) in [5.74, 6) is -3.20. The van der Waals surface area contributed by atoms with Gasteiger partial charge in [0.05, 0.1) is 28.9 Å². The minimum atomic E-state index is -4.87. The topological polar surface area (TPSA) is 115 Å².